The Balaban J connectivity index is 1.72. The van der Waals surface area contributed by atoms with Gasteiger partial charge in [0.25, 0.3) is 0 Å². The first kappa shape index (κ1) is 11.0. The minimum atomic E-state index is -0.211. The van der Waals surface area contributed by atoms with Crippen molar-refractivity contribution in [2.24, 2.45) is 0 Å². The van der Waals surface area contributed by atoms with Crippen LogP contribution in [0.5, 0.6) is 0 Å². The second-order valence-corrected chi connectivity index (χ2v) is 5.78. The van der Waals surface area contributed by atoms with E-state index in [9.17, 15) is 4.39 Å². The van der Waals surface area contributed by atoms with Crippen molar-refractivity contribution in [2.75, 3.05) is 0 Å². The Kier molecular flexibility index (Phi) is 2.38. The van der Waals surface area contributed by atoms with E-state index >= 15 is 0 Å². The Bertz CT molecular complexity index is 744. The fourth-order valence-corrected chi connectivity index (χ4v) is 3.12. The van der Waals surface area contributed by atoms with Crippen molar-refractivity contribution in [3.63, 3.8) is 0 Å². The van der Waals surface area contributed by atoms with Crippen molar-refractivity contribution in [3.8, 4) is 0 Å². The van der Waals surface area contributed by atoms with Gasteiger partial charge in [0.2, 0.25) is 4.96 Å². The predicted molar refractivity (Wildman–Crippen MR) is 69.8 cm³/mol. The zero-order valence-electron chi connectivity index (χ0n) is 10.1. The van der Waals surface area contributed by atoms with Gasteiger partial charge in [-0.2, -0.15) is 9.61 Å². The average molecular weight is 274 g/mol. The molecule has 4 nitrogen and oxygen atoms in total. The molecule has 0 radical (unpaired) electrons. The molecular formula is C13H11FN4S. The first-order chi connectivity index (χ1) is 9.31. The summed E-state index contributed by atoms with van der Waals surface area (Å²) >= 11 is 1.59. The van der Waals surface area contributed by atoms with E-state index in [1.54, 1.807) is 28.0 Å². The van der Waals surface area contributed by atoms with Crippen LogP contribution in [0.15, 0.2) is 24.3 Å². The molecular weight excluding hydrogens is 263 g/mol. The number of fused-ring (bicyclic) bond motifs is 1. The molecule has 0 N–H and O–H groups in total. The van der Waals surface area contributed by atoms with E-state index in [4.69, 9.17) is 0 Å². The first-order valence-corrected chi connectivity index (χ1v) is 7.07. The third-order valence-electron chi connectivity index (χ3n) is 3.30. The van der Waals surface area contributed by atoms with Crippen LogP contribution in [-0.2, 0) is 6.42 Å². The summed E-state index contributed by atoms with van der Waals surface area (Å²) in [4.78, 5) is 0.799. The van der Waals surface area contributed by atoms with E-state index < -0.39 is 0 Å². The van der Waals surface area contributed by atoms with E-state index in [1.807, 2.05) is 6.07 Å². The Labute approximate surface area is 112 Å². The summed E-state index contributed by atoms with van der Waals surface area (Å²) in [6.07, 6.45) is 2.85. The molecule has 0 amide bonds. The molecule has 2 aromatic heterocycles. The van der Waals surface area contributed by atoms with Crippen LogP contribution in [0.1, 0.15) is 35.2 Å². The summed E-state index contributed by atoms with van der Waals surface area (Å²) in [6.45, 7) is 0. The second-order valence-electron chi connectivity index (χ2n) is 4.79. The molecule has 1 aromatic carbocycles. The molecule has 0 spiro atoms. The first-order valence-electron chi connectivity index (χ1n) is 6.25. The second kappa shape index (κ2) is 4.09. The van der Waals surface area contributed by atoms with Crippen molar-refractivity contribution in [3.05, 3.63) is 46.5 Å². The zero-order chi connectivity index (χ0) is 12.8. The zero-order valence-corrected chi connectivity index (χ0v) is 10.9. The standard InChI is InChI=1S/C13H11FN4S/c14-10-4-2-1-3-9(10)7-11-15-16-13-18(11)17-12(19-13)8-5-6-8/h1-4,8H,5-7H2. The van der Waals surface area contributed by atoms with Gasteiger partial charge in [-0.3, -0.25) is 0 Å². The Morgan fingerprint density at radius 2 is 2.11 bits per heavy atom. The van der Waals surface area contributed by atoms with Crippen molar-refractivity contribution in [2.45, 2.75) is 25.2 Å². The van der Waals surface area contributed by atoms with E-state index in [0.717, 1.165) is 9.97 Å². The minimum Gasteiger partial charge on any atom is -0.207 e. The molecule has 0 atom stereocenters. The van der Waals surface area contributed by atoms with Gasteiger partial charge in [0.05, 0.1) is 0 Å². The molecule has 0 saturated heterocycles. The highest BCUT2D eigenvalue weighted by molar-refractivity contribution is 7.16. The van der Waals surface area contributed by atoms with Crippen molar-refractivity contribution in [1.82, 2.24) is 19.8 Å². The summed E-state index contributed by atoms with van der Waals surface area (Å²) < 4.78 is 15.4. The average Bonchev–Trinajstić information content (AvgIpc) is 3.07. The van der Waals surface area contributed by atoms with Crippen LogP contribution >= 0.6 is 11.3 Å². The van der Waals surface area contributed by atoms with E-state index in [0.29, 0.717) is 23.7 Å². The lowest BCUT2D eigenvalue weighted by Crippen LogP contribution is -2.00. The maximum absolute atomic E-state index is 13.6. The van der Waals surface area contributed by atoms with E-state index in [-0.39, 0.29) is 5.82 Å². The van der Waals surface area contributed by atoms with Gasteiger partial charge in [-0.25, -0.2) is 4.39 Å². The normalized spacial score (nSPS) is 15.2. The molecule has 2 heterocycles. The topological polar surface area (TPSA) is 43.1 Å². The molecule has 4 rings (SSSR count). The third-order valence-corrected chi connectivity index (χ3v) is 4.37. The Hall–Kier alpha value is -1.82. The smallest absolute Gasteiger partial charge is 0.207 e. The summed E-state index contributed by atoms with van der Waals surface area (Å²) in [6, 6.07) is 6.74. The minimum absolute atomic E-state index is 0.211. The van der Waals surface area contributed by atoms with Gasteiger partial charge in [-0.1, -0.05) is 29.5 Å². The summed E-state index contributed by atoms with van der Waals surface area (Å²) in [7, 11) is 0. The number of halogens is 1. The largest absolute Gasteiger partial charge is 0.234 e. The maximum Gasteiger partial charge on any atom is 0.234 e. The quantitative estimate of drug-likeness (QED) is 0.737. The molecule has 3 aromatic rings. The molecule has 96 valence electrons. The number of hydrogen-bond donors (Lipinski definition) is 0. The van der Waals surface area contributed by atoms with Crippen LogP contribution in [0.2, 0.25) is 0 Å². The van der Waals surface area contributed by atoms with Gasteiger partial charge in [0, 0.05) is 12.3 Å². The Morgan fingerprint density at radius 3 is 2.89 bits per heavy atom. The van der Waals surface area contributed by atoms with Gasteiger partial charge in [-0.05, 0) is 24.5 Å². The molecule has 1 aliphatic carbocycles. The summed E-state index contributed by atoms with van der Waals surface area (Å²) in [5, 5.41) is 13.9. The SMILES string of the molecule is Fc1ccccc1Cc1nnc2sc(C3CC3)nn12. The van der Waals surface area contributed by atoms with Crippen molar-refractivity contribution < 1.29 is 4.39 Å². The van der Waals surface area contributed by atoms with Crippen molar-refractivity contribution >= 4 is 16.3 Å². The number of aromatic nitrogens is 4. The fraction of sp³-hybridized carbons (Fsp3) is 0.308. The van der Waals surface area contributed by atoms with Gasteiger partial charge in [-0.15, -0.1) is 10.2 Å². The van der Waals surface area contributed by atoms with Gasteiger partial charge < -0.3 is 0 Å². The number of rotatable bonds is 3. The third kappa shape index (κ3) is 1.92. The molecule has 1 fully saturated rings. The molecule has 0 bridgehead atoms. The highest BCUT2D eigenvalue weighted by atomic mass is 32.1. The van der Waals surface area contributed by atoms with E-state index in [2.05, 4.69) is 15.3 Å². The van der Waals surface area contributed by atoms with Crippen LogP contribution in [-0.4, -0.2) is 19.8 Å². The van der Waals surface area contributed by atoms with Crippen LogP contribution in [0, 0.1) is 5.82 Å². The Morgan fingerprint density at radius 1 is 1.26 bits per heavy atom. The van der Waals surface area contributed by atoms with E-state index in [1.165, 1.54) is 18.9 Å². The lowest BCUT2D eigenvalue weighted by molar-refractivity contribution is 0.611. The summed E-state index contributed by atoms with van der Waals surface area (Å²) in [5.41, 5.74) is 0.623. The monoisotopic (exact) mass is 274 g/mol. The van der Waals surface area contributed by atoms with Gasteiger partial charge in [0.1, 0.15) is 10.8 Å². The molecule has 6 heteroatoms. The highest BCUT2D eigenvalue weighted by Crippen LogP contribution is 2.41. The predicted octanol–water partition coefficient (Wildman–Crippen LogP) is 2.79. The number of nitrogens with zero attached hydrogens (tertiary/aromatic N) is 4. The van der Waals surface area contributed by atoms with Crippen LogP contribution in [0.25, 0.3) is 4.96 Å². The highest BCUT2D eigenvalue weighted by Gasteiger charge is 2.28. The van der Waals surface area contributed by atoms with Gasteiger partial charge >= 0.3 is 0 Å². The van der Waals surface area contributed by atoms with Crippen LogP contribution in [0.4, 0.5) is 4.39 Å². The lowest BCUT2D eigenvalue weighted by atomic mass is 10.1. The molecule has 0 aliphatic heterocycles. The molecule has 1 aliphatic rings. The molecule has 19 heavy (non-hydrogen) atoms. The van der Waals surface area contributed by atoms with Crippen LogP contribution < -0.4 is 0 Å². The maximum atomic E-state index is 13.6. The molecule has 1 saturated carbocycles. The number of benzene rings is 1. The molecule has 0 unspecified atom stereocenters. The summed E-state index contributed by atoms with van der Waals surface area (Å²) in [5.74, 6) is 1.09. The fourth-order valence-electron chi connectivity index (χ4n) is 2.09. The van der Waals surface area contributed by atoms with Crippen molar-refractivity contribution in [1.29, 1.82) is 0 Å². The van der Waals surface area contributed by atoms with Crippen LogP contribution in [0.3, 0.4) is 0 Å². The number of hydrogen-bond acceptors (Lipinski definition) is 4. The lowest BCUT2D eigenvalue weighted by Gasteiger charge is -1.99. The van der Waals surface area contributed by atoms with Gasteiger partial charge in [0.15, 0.2) is 5.82 Å².